The number of ether oxygens (including phenoxy) is 1. The van der Waals surface area contributed by atoms with E-state index in [0.717, 1.165) is 9.47 Å². The smallest absolute Gasteiger partial charge is 0.407 e. The van der Waals surface area contributed by atoms with E-state index in [0.29, 0.717) is 11.4 Å². The van der Waals surface area contributed by atoms with Crippen LogP contribution < -0.4 is 10.4 Å². The van der Waals surface area contributed by atoms with Crippen LogP contribution in [0.4, 0.5) is 4.79 Å². The number of nitrogens with zero attached hydrogens (tertiary/aromatic N) is 3. The van der Waals surface area contributed by atoms with Crippen molar-refractivity contribution >= 4 is 12.1 Å². The van der Waals surface area contributed by atoms with E-state index in [2.05, 4.69) is 0 Å². The van der Waals surface area contributed by atoms with Crippen molar-refractivity contribution in [2.24, 2.45) is 0 Å². The number of fused-ring (bicyclic) bond motifs is 1. The molecule has 2 N–H and O–H groups in total. The molecule has 9 nitrogen and oxygen atoms in total. The zero-order chi connectivity index (χ0) is 17.4. The number of rotatable bonds is 3. The lowest BCUT2D eigenvalue weighted by Gasteiger charge is -2.25. The third kappa shape index (κ3) is 2.39. The Morgan fingerprint density at radius 2 is 1.79 bits per heavy atom. The van der Waals surface area contributed by atoms with Gasteiger partial charge in [0.2, 0.25) is 0 Å². The van der Waals surface area contributed by atoms with Crippen LogP contribution in [-0.2, 0) is 13.1 Å². The van der Waals surface area contributed by atoms with Crippen LogP contribution in [0.25, 0.3) is 5.69 Å². The van der Waals surface area contributed by atoms with Crippen LogP contribution >= 0.6 is 0 Å². The van der Waals surface area contributed by atoms with Gasteiger partial charge in [0.1, 0.15) is 5.75 Å². The van der Waals surface area contributed by atoms with Crippen molar-refractivity contribution in [2.45, 2.75) is 13.1 Å². The molecule has 0 bridgehead atoms. The number of methoxy groups -OCH3 is 1. The fraction of sp³-hybridized carbons (Fsp3) is 0.267. The molecule has 1 aromatic carbocycles. The molecule has 0 spiro atoms. The van der Waals surface area contributed by atoms with Crippen molar-refractivity contribution < 1.29 is 24.5 Å². The van der Waals surface area contributed by atoms with E-state index >= 15 is 0 Å². The molecule has 9 heteroatoms. The first-order valence-corrected chi connectivity index (χ1v) is 7.14. The van der Waals surface area contributed by atoms with E-state index in [1.807, 2.05) is 0 Å². The Morgan fingerprint density at radius 1 is 1.12 bits per heavy atom. The number of hydrogen-bond acceptors (Lipinski definition) is 4. The zero-order valence-electron chi connectivity index (χ0n) is 12.8. The summed E-state index contributed by atoms with van der Waals surface area (Å²) in [6, 6.07) is 6.39. The van der Waals surface area contributed by atoms with Crippen LogP contribution in [-0.4, -0.2) is 50.0 Å². The van der Waals surface area contributed by atoms with E-state index in [1.165, 1.54) is 11.7 Å². The number of carbonyl (C=O) groups is 2. The van der Waals surface area contributed by atoms with Gasteiger partial charge >= 0.3 is 17.8 Å². The second-order valence-electron chi connectivity index (χ2n) is 5.27. The van der Waals surface area contributed by atoms with E-state index in [4.69, 9.17) is 9.84 Å². The maximum Gasteiger partial charge on any atom is 0.407 e. The number of amides is 1. The number of carboxylic acid groups (broad SMARTS) is 2. The number of benzene rings is 1. The van der Waals surface area contributed by atoms with Crippen LogP contribution in [0.3, 0.4) is 0 Å². The topological polar surface area (TPSA) is 114 Å². The fourth-order valence-corrected chi connectivity index (χ4v) is 2.81. The Morgan fingerprint density at radius 3 is 2.33 bits per heavy atom. The molecule has 0 atom stereocenters. The average molecular weight is 333 g/mol. The van der Waals surface area contributed by atoms with Crippen molar-refractivity contribution in [3.05, 3.63) is 46.1 Å². The molecule has 0 fully saturated rings. The quantitative estimate of drug-likeness (QED) is 0.860. The van der Waals surface area contributed by atoms with Crippen LogP contribution in [0.5, 0.6) is 5.75 Å². The second kappa shape index (κ2) is 5.76. The van der Waals surface area contributed by atoms with Gasteiger partial charge < -0.3 is 19.8 Å². The van der Waals surface area contributed by atoms with Crippen molar-refractivity contribution in [1.29, 1.82) is 0 Å². The molecular formula is C15H15N3O6. The first kappa shape index (κ1) is 15.7. The van der Waals surface area contributed by atoms with Gasteiger partial charge in [0.05, 0.1) is 25.0 Å². The highest BCUT2D eigenvalue weighted by Crippen LogP contribution is 2.21. The summed E-state index contributed by atoms with van der Waals surface area (Å²) in [6.45, 7) is 0.104. The maximum atomic E-state index is 12.6. The molecule has 0 saturated heterocycles. The monoisotopic (exact) mass is 333 g/mol. The molecule has 0 aliphatic carbocycles. The minimum absolute atomic E-state index is 0.115. The lowest BCUT2D eigenvalue weighted by molar-refractivity contribution is 0.0682. The summed E-state index contributed by atoms with van der Waals surface area (Å²) >= 11 is 0. The van der Waals surface area contributed by atoms with Crippen molar-refractivity contribution in [3.63, 3.8) is 0 Å². The Labute approximate surface area is 135 Å². The fourth-order valence-electron chi connectivity index (χ4n) is 2.81. The lowest BCUT2D eigenvalue weighted by atomic mass is 10.2. The summed E-state index contributed by atoms with van der Waals surface area (Å²) in [5.74, 6) is -0.714. The summed E-state index contributed by atoms with van der Waals surface area (Å²) in [7, 11) is 1.50. The molecular weight excluding hydrogens is 318 g/mol. The largest absolute Gasteiger partial charge is 0.497 e. The molecule has 2 aromatic rings. The molecule has 24 heavy (non-hydrogen) atoms. The number of aromatic carboxylic acids is 1. The molecule has 3 rings (SSSR count). The zero-order valence-corrected chi connectivity index (χ0v) is 12.8. The van der Waals surface area contributed by atoms with Crippen LogP contribution in [0.15, 0.2) is 29.1 Å². The minimum Gasteiger partial charge on any atom is -0.497 e. The lowest BCUT2D eigenvalue weighted by Crippen LogP contribution is -2.40. The van der Waals surface area contributed by atoms with Gasteiger partial charge in [-0.25, -0.2) is 14.4 Å². The normalized spacial score (nSPS) is 13.5. The summed E-state index contributed by atoms with van der Waals surface area (Å²) < 4.78 is 7.45. The maximum absolute atomic E-state index is 12.6. The summed E-state index contributed by atoms with van der Waals surface area (Å²) in [4.78, 5) is 36.6. The molecule has 0 radical (unpaired) electrons. The van der Waals surface area contributed by atoms with Crippen LogP contribution in [0.1, 0.15) is 16.2 Å². The van der Waals surface area contributed by atoms with Gasteiger partial charge in [-0.3, -0.25) is 9.13 Å². The van der Waals surface area contributed by atoms with Gasteiger partial charge in [-0.15, -0.1) is 0 Å². The summed E-state index contributed by atoms with van der Waals surface area (Å²) in [5, 5.41) is 18.7. The molecule has 0 saturated carbocycles. The standard InChI is InChI=1S/C15H15N3O6/c1-24-10-4-2-9(3-5-10)18-12(13(19)20)11-8-16(15(22)23)6-7-17(11)14(18)21/h2-5H,6-8H2,1H3,(H,19,20)(H,22,23). The van der Waals surface area contributed by atoms with Gasteiger partial charge in [-0.2, -0.15) is 0 Å². The number of imidazole rings is 1. The molecule has 1 aliphatic rings. The SMILES string of the molecule is COc1ccc(-n2c(C(=O)O)c3n(c2=O)CCN(C(=O)O)C3)cc1. The van der Waals surface area contributed by atoms with Crippen molar-refractivity contribution in [2.75, 3.05) is 13.7 Å². The van der Waals surface area contributed by atoms with Gasteiger partial charge in [-0.05, 0) is 24.3 Å². The summed E-state index contributed by atoms with van der Waals surface area (Å²) in [5.41, 5.74) is -0.173. The third-order valence-corrected chi connectivity index (χ3v) is 3.98. The van der Waals surface area contributed by atoms with E-state index in [1.54, 1.807) is 24.3 Å². The second-order valence-corrected chi connectivity index (χ2v) is 5.27. The molecule has 2 heterocycles. The highest BCUT2D eigenvalue weighted by Gasteiger charge is 2.31. The van der Waals surface area contributed by atoms with E-state index < -0.39 is 17.8 Å². The highest BCUT2D eigenvalue weighted by molar-refractivity contribution is 5.88. The number of aromatic nitrogens is 2. The molecule has 1 amide bonds. The third-order valence-electron chi connectivity index (χ3n) is 3.98. The Balaban J connectivity index is 2.18. The van der Waals surface area contributed by atoms with Crippen LogP contribution in [0.2, 0.25) is 0 Å². The molecule has 1 aliphatic heterocycles. The Bertz CT molecular complexity index is 865. The average Bonchev–Trinajstić information content (AvgIpc) is 2.87. The first-order valence-electron chi connectivity index (χ1n) is 7.14. The van der Waals surface area contributed by atoms with Gasteiger partial charge in [0.15, 0.2) is 5.69 Å². The van der Waals surface area contributed by atoms with E-state index in [9.17, 15) is 19.5 Å². The summed E-state index contributed by atoms with van der Waals surface area (Å²) in [6.07, 6.45) is -1.15. The Hall–Kier alpha value is -3.23. The van der Waals surface area contributed by atoms with E-state index in [-0.39, 0.29) is 31.0 Å². The predicted molar refractivity (Wildman–Crippen MR) is 82.0 cm³/mol. The van der Waals surface area contributed by atoms with Crippen molar-refractivity contribution in [3.8, 4) is 11.4 Å². The molecule has 0 unspecified atom stereocenters. The minimum atomic E-state index is -1.29. The number of carboxylic acids is 1. The van der Waals surface area contributed by atoms with Gasteiger partial charge in [0, 0.05) is 13.1 Å². The van der Waals surface area contributed by atoms with Gasteiger partial charge in [0.25, 0.3) is 0 Å². The van der Waals surface area contributed by atoms with Gasteiger partial charge in [-0.1, -0.05) is 0 Å². The van der Waals surface area contributed by atoms with Crippen molar-refractivity contribution in [1.82, 2.24) is 14.0 Å². The molecule has 126 valence electrons. The molecule has 1 aromatic heterocycles. The number of hydrogen-bond donors (Lipinski definition) is 2. The Kier molecular flexibility index (Phi) is 3.76. The van der Waals surface area contributed by atoms with Crippen LogP contribution in [0, 0.1) is 0 Å². The first-order chi connectivity index (χ1) is 11.4. The highest BCUT2D eigenvalue weighted by atomic mass is 16.5. The predicted octanol–water partition coefficient (Wildman–Crippen LogP) is 0.839.